The second kappa shape index (κ2) is 7.77. The molecule has 0 spiro atoms. The maximum absolute atomic E-state index is 5.48. The molecule has 1 heterocycles. The monoisotopic (exact) mass is 331 g/mol. The third-order valence-electron chi connectivity index (χ3n) is 4.62. The molecule has 0 unspecified atom stereocenters. The Hall–Kier alpha value is -1.92. The van der Waals surface area contributed by atoms with Crippen LogP contribution in [-0.2, 0) is 11.3 Å². The van der Waals surface area contributed by atoms with Crippen LogP contribution in [0.1, 0.15) is 25.7 Å². The lowest BCUT2D eigenvalue weighted by atomic mass is 10.2. The van der Waals surface area contributed by atoms with E-state index in [0.29, 0.717) is 30.9 Å². The van der Waals surface area contributed by atoms with Crippen molar-refractivity contribution in [1.82, 2.24) is 15.0 Å². The molecule has 1 aliphatic rings. The molecule has 6 heteroatoms. The number of benzene rings is 1. The summed E-state index contributed by atoms with van der Waals surface area (Å²) in [7, 11) is 3.37. The van der Waals surface area contributed by atoms with Gasteiger partial charge in [-0.2, -0.15) is 4.98 Å². The molecule has 1 saturated carbocycles. The van der Waals surface area contributed by atoms with Gasteiger partial charge in [-0.15, -0.1) is 0 Å². The van der Waals surface area contributed by atoms with Crippen LogP contribution >= 0.6 is 0 Å². The molecule has 0 bridgehead atoms. The van der Waals surface area contributed by atoms with Gasteiger partial charge in [0.15, 0.2) is 0 Å². The first-order valence-electron chi connectivity index (χ1n) is 8.42. The minimum atomic E-state index is 0.502. The normalized spacial score (nSPS) is 15.7. The molecule has 0 radical (unpaired) electrons. The zero-order chi connectivity index (χ0) is 16.9. The molecule has 24 heavy (non-hydrogen) atoms. The summed E-state index contributed by atoms with van der Waals surface area (Å²) in [4.78, 5) is 6.92. The molecule has 1 atom stereocenters. The van der Waals surface area contributed by atoms with Crippen molar-refractivity contribution in [2.75, 3.05) is 27.4 Å². The van der Waals surface area contributed by atoms with Crippen LogP contribution in [0.4, 0.5) is 0 Å². The SMILES string of the molecule is COCCN(Cc1nc(-c2ccccc2OC)no1)[C@@H](C)C1CC1. The fourth-order valence-corrected chi connectivity index (χ4v) is 2.94. The fraction of sp³-hybridized carbons (Fsp3) is 0.556. The van der Waals surface area contributed by atoms with Crippen LogP contribution in [0.15, 0.2) is 28.8 Å². The first kappa shape index (κ1) is 16.9. The van der Waals surface area contributed by atoms with Gasteiger partial charge in [0.25, 0.3) is 0 Å². The number of hydrogen-bond donors (Lipinski definition) is 0. The lowest BCUT2D eigenvalue weighted by Gasteiger charge is -2.27. The second-order valence-corrected chi connectivity index (χ2v) is 6.25. The van der Waals surface area contributed by atoms with E-state index in [2.05, 4.69) is 22.0 Å². The third-order valence-corrected chi connectivity index (χ3v) is 4.62. The van der Waals surface area contributed by atoms with Crippen LogP contribution in [0.5, 0.6) is 5.75 Å². The van der Waals surface area contributed by atoms with Gasteiger partial charge < -0.3 is 14.0 Å². The van der Waals surface area contributed by atoms with Crippen LogP contribution in [0.25, 0.3) is 11.4 Å². The molecule has 1 aliphatic carbocycles. The van der Waals surface area contributed by atoms with Crippen LogP contribution in [0.3, 0.4) is 0 Å². The highest BCUT2D eigenvalue weighted by molar-refractivity contribution is 5.63. The van der Waals surface area contributed by atoms with Gasteiger partial charge >= 0.3 is 0 Å². The Morgan fingerprint density at radius 1 is 1.29 bits per heavy atom. The Morgan fingerprint density at radius 2 is 2.08 bits per heavy atom. The minimum Gasteiger partial charge on any atom is -0.496 e. The Kier molecular flexibility index (Phi) is 5.48. The molecule has 0 saturated heterocycles. The van der Waals surface area contributed by atoms with Crippen LogP contribution < -0.4 is 4.74 Å². The minimum absolute atomic E-state index is 0.502. The molecule has 0 N–H and O–H groups in total. The smallest absolute Gasteiger partial charge is 0.241 e. The molecule has 2 aromatic rings. The van der Waals surface area contributed by atoms with Gasteiger partial charge in [0, 0.05) is 19.7 Å². The summed E-state index contributed by atoms with van der Waals surface area (Å²) < 4.78 is 16.1. The van der Waals surface area contributed by atoms with Crippen LogP contribution in [0.2, 0.25) is 0 Å². The standard InChI is InChI=1S/C18H25N3O3/c1-13(14-8-9-14)21(10-11-22-2)12-17-19-18(20-24-17)15-6-4-5-7-16(15)23-3/h4-7,13-14H,8-12H2,1-3H3/t13-/m0/s1. The lowest BCUT2D eigenvalue weighted by Crippen LogP contribution is -2.36. The van der Waals surface area contributed by atoms with E-state index >= 15 is 0 Å². The topological polar surface area (TPSA) is 60.6 Å². The first-order chi connectivity index (χ1) is 11.7. The van der Waals surface area contributed by atoms with Crippen molar-refractivity contribution in [3.8, 4) is 17.1 Å². The Morgan fingerprint density at radius 3 is 2.79 bits per heavy atom. The van der Waals surface area contributed by atoms with Gasteiger partial charge in [-0.3, -0.25) is 4.90 Å². The maximum Gasteiger partial charge on any atom is 0.241 e. The van der Waals surface area contributed by atoms with Crippen molar-refractivity contribution >= 4 is 0 Å². The highest BCUT2D eigenvalue weighted by Gasteiger charge is 2.32. The van der Waals surface area contributed by atoms with Gasteiger partial charge in [-0.25, -0.2) is 0 Å². The molecular weight excluding hydrogens is 306 g/mol. The van der Waals surface area contributed by atoms with E-state index < -0.39 is 0 Å². The van der Waals surface area contributed by atoms with Crippen LogP contribution in [-0.4, -0.2) is 48.5 Å². The average Bonchev–Trinajstić information content (AvgIpc) is 3.37. The summed E-state index contributed by atoms with van der Waals surface area (Å²) in [5.74, 6) is 2.71. The Balaban J connectivity index is 1.73. The van der Waals surface area contributed by atoms with E-state index in [1.807, 2.05) is 24.3 Å². The summed E-state index contributed by atoms with van der Waals surface area (Å²) in [6, 6.07) is 8.19. The van der Waals surface area contributed by atoms with Gasteiger partial charge in [0.05, 0.1) is 25.8 Å². The maximum atomic E-state index is 5.48. The predicted molar refractivity (Wildman–Crippen MR) is 90.8 cm³/mol. The van der Waals surface area contributed by atoms with Crippen molar-refractivity contribution in [1.29, 1.82) is 0 Å². The molecule has 3 rings (SSSR count). The van der Waals surface area contributed by atoms with Crippen LogP contribution in [0, 0.1) is 5.92 Å². The largest absolute Gasteiger partial charge is 0.496 e. The summed E-state index contributed by atoms with van der Waals surface area (Å²) in [5.41, 5.74) is 0.841. The highest BCUT2D eigenvalue weighted by atomic mass is 16.5. The number of rotatable bonds is 9. The number of nitrogens with zero attached hydrogens (tertiary/aromatic N) is 3. The Labute approximate surface area is 142 Å². The number of aromatic nitrogens is 2. The number of ether oxygens (including phenoxy) is 2. The summed E-state index contributed by atoms with van der Waals surface area (Å²) in [6.07, 6.45) is 2.61. The second-order valence-electron chi connectivity index (χ2n) is 6.25. The highest BCUT2D eigenvalue weighted by Crippen LogP contribution is 2.35. The van der Waals surface area contributed by atoms with E-state index in [9.17, 15) is 0 Å². The number of para-hydroxylation sites is 1. The molecule has 1 fully saturated rings. The van der Waals surface area contributed by atoms with Gasteiger partial charge in [-0.05, 0) is 37.8 Å². The first-order valence-corrected chi connectivity index (χ1v) is 8.42. The van der Waals surface area contributed by atoms with Gasteiger partial charge in [0.2, 0.25) is 11.7 Å². The molecule has 0 aliphatic heterocycles. The zero-order valence-corrected chi connectivity index (χ0v) is 14.6. The van der Waals surface area contributed by atoms with Crippen molar-refractivity contribution < 1.29 is 14.0 Å². The molecule has 0 amide bonds. The van der Waals surface area contributed by atoms with E-state index in [1.165, 1.54) is 12.8 Å². The third kappa shape index (κ3) is 3.94. The molecule has 6 nitrogen and oxygen atoms in total. The predicted octanol–water partition coefficient (Wildman–Crippen LogP) is 2.99. The van der Waals surface area contributed by atoms with Crippen molar-refractivity contribution in [2.45, 2.75) is 32.4 Å². The summed E-state index contributed by atoms with van der Waals surface area (Å²) in [5, 5.41) is 4.12. The average molecular weight is 331 g/mol. The van der Waals surface area contributed by atoms with E-state index in [4.69, 9.17) is 14.0 Å². The number of hydrogen-bond acceptors (Lipinski definition) is 6. The quantitative estimate of drug-likeness (QED) is 0.704. The molecular formula is C18H25N3O3. The summed E-state index contributed by atoms with van der Waals surface area (Å²) >= 11 is 0. The van der Waals surface area contributed by atoms with Gasteiger partial charge in [-0.1, -0.05) is 17.3 Å². The molecule has 1 aromatic carbocycles. The van der Waals surface area contributed by atoms with Crippen molar-refractivity contribution in [2.24, 2.45) is 5.92 Å². The van der Waals surface area contributed by atoms with E-state index in [-0.39, 0.29) is 0 Å². The fourth-order valence-electron chi connectivity index (χ4n) is 2.94. The molecule has 130 valence electrons. The Bertz CT molecular complexity index is 654. The lowest BCUT2D eigenvalue weighted by molar-refractivity contribution is 0.102. The van der Waals surface area contributed by atoms with E-state index in [1.54, 1.807) is 14.2 Å². The molecule has 1 aromatic heterocycles. The zero-order valence-electron chi connectivity index (χ0n) is 14.6. The van der Waals surface area contributed by atoms with Crippen molar-refractivity contribution in [3.05, 3.63) is 30.2 Å². The van der Waals surface area contributed by atoms with Gasteiger partial charge in [0.1, 0.15) is 5.75 Å². The number of methoxy groups -OCH3 is 2. The van der Waals surface area contributed by atoms with E-state index in [0.717, 1.165) is 23.8 Å². The summed E-state index contributed by atoms with van der Waals surface area (Å²) in [6.45, 7) is 4.47. The van der Waals surface area contributed by atoms with Crippen molar-refractivity contribution in [3.63, 3.8) is 0 Å².